The van der Waals surface area contributed by atoms with Gasteiger partial charge in [-0.15, -0.1) is 6.58 Å². The predicted molar refractivity (Wildman–Crippen MR) is 73.2 cm³/mol. The summed E-state index contributed by atoms with van der Waals surface area (Å²) in [6.45, 7) is 3.13. The van der Waals surface area contributed by atoms with Gasteiger partial charge in [0.15, 0.2) is 0 Å². The van der Waals surface area contributed by atoms with E-state index in [1.807, 2.05) is 6.07 Å². The van der Waals surface area contributed by atoms with Crippen molar-refractivity contribution in [2.75, 3.05) is 6.54 Å². The van der Waals surface area contributed by atoms with Gasteiger partial charge in [-0.05, 0) is 18.8 Å². The second-order valence-electron chi connectivity index (χ2n) is 5.42. The van der Waals surface area contributed by atoms with Crippen molar-refractivity contribution in [2.24, 2.45) is 5.92 Å². The zero-order valence-electron chi connectivity index (χ0n) is 12.0. The van der Waals surface area contributed by atoms with Crippen molar-refractivity contribution >= 4 is 5.91 Å². The normalized spacial score (nSPS) is 19.0. The van der Waals surface area contributed by atoms with Crippen LogP contribution in [0.2, 0.25) is 0 Å². The first-order valence-electron chi connectivity index (χ1n) is 7.30. The van der Waals surface area contributed by atoms with Crippen molar-refractivity contribution in [3.63, 3.8) is 0 Å². The Bertz CT molecular complexity index is 393. The van der Waals surface area contributed by atoms with E-state index in [1.54, 1.807) is 0 Å². The van der Waals surface area contributed by atoms with Gasteiger partial charge in [0.25, 0.3) is 0 Å². The Balaban J connectivity index is 2.92. The fourth-order valence-corrected chi connectivity index (χ4v) is 2.86. The van der Waals surface area contributed by atoms with Gasteiger partial charge in [0, 0.05) is 6.54 Å². The number of carbonyl (C=O) groups excluding carboxylic acids is 1. The summed E-state index contributed by atoms with van der Waals surface area (Å²) in [4.78, 5) is 12.2. The molecular weight excluding hydrogens is 281 g/mol. The number of halogens is 3. The molecule has 1 fully saturated rings. The molecule has 0 aromatic rings. The summed E-state index contributed by atoms with van der Waals surface area (Å²) in [5, 5.41) is 9.31. The molecule has 1 amide bonds. The van der Waals surface area contributed by atoms with Crippen LogP contribution in [0.15, 0.2) is 12.7 Å². The number of hydrogen-bond acceptors (Lipinski definition) is 2. The fourth-order valence-electron chi connectivity index (χ4n) is 2.86. The minimum absolute atomic E-state index is 0.193. The third kappa shape index (κ3) is 5.07. The third-order valence-electron chi connectivity index (χ3n) is 3.89. The lowest BCUT2D eigenvalue weighted by atomic mass is 9.85. The Labute approximate surface area is 123 Å². The van der Waals surface area contributed by atoms with Crippen molar-refractivity contribution in [1.82, 2.24) is 4.90 Å². The molecule has 0 saturated heterocycles. The monoisotopic (exact) mass is 302 g/mol. The van der Waals surface area contributed by atoms with Gasteiger partial charge in [-0.25, -0.2) is 0 Å². The molecule has 1 atom stereocenters. The zero-order chi connectivity index (χ0) is 15.9. The Hall–Kier alpha value is -1.51. The van der Waals surface area contributed by atoms with E-state index < -0.39 is 18.1 Å². The SMILES string of the molecule is C=CCN(C(=O)C(F)(F)F)C(C#N)C1CCCCCCC1. The average Bonchev–Trinajstić information content (AvgIpc) is 2.38. The van der Waals surface area contributed by atoms with Gasteiger partial charge in [-0.3, -0.25) is 4.79 Å². The van der Waals surface area contributed by atoms with Gasteiger partial charge in [0.2, 0.25) is 0 Å². The van der Waals surface area contributed by atoms with Crippen LogP contribution in [0.1, 0.15) is 44.9 Å². The predicted octanol–water partition coefficient (Wildman–Crippen LogP) is 3.82. The van der Waals surface area contributed by atoms with Crippen LogP contribution < -0.4 is 0 Å². The molecule has 118 valence electrons. The van der Waals surface area contributed by atoms with E-state index in [-0.39, 0.29) is 12.5 Å². The number of nitriles is 1. The van der Waals surface area contributed by atoms with Gasteiger partial charge < -0.3 is 4.90 Å². The molecule has 0 N–H and O–H groups in total. The number of rotatable bonds is 4. The molecule has 0 radical (unpaired) electrons. The largest absolute Gasteiger partial charge is 0.471 e. The summed E-state index contributed by atoms with van der Waals surface area (Å²) in [7, 11) is 0. The molecule has 1 unspecified atom stereocenters. The maximum atomic E-state index is 12.7. The van der Waals surface area contributed by atoms with Crippen molar-refractivity contribution in [3.8, 4) is 6.07 Å². The summed E-state index contributed by atoms with van der Waals surface area (Å²) in [6.07, 6.45) is 2.63. The lowest BCUT2D eigenvalue weighted by Gasteiger charge is -2.33. The maximum absolute atomic E-state index is 12.7. The molecule has 0 aromatic carbocycles. The van der Waals surface area contributed by atoms with Crippen molar-refractivity contribution in [2.45, 2.75) is 57.2 Å². The smallest absolute Gasteiger partial charge is 0.315 e. The summed E-state index contributed by atoms with van der Waals surface area (Å²) >= 11 is 0. The van der Waals surface area contributed by atoms with Crippen molar-refractivity contribution in [3.05, 3.63) is 12.7 Å². The molecule has 1 aliphatic rings. The van der Waals surface area contributed by atoms with E-state index in [1.165, 1.54) is 6.08 Å². The molecule has 6 heteroatoms. The third-order valence-corrected chi connectivity index (χ3v) is 3.89. The second-order valence-corrected chi connectivity index (χ2v) is 5.42. The van der Waals surface area contributed by atoms with E-state index in [2.05, 4.69) is 6.58 Å². The summed E-state index contributed by atoms with van der Waals surface area (Å²) in [6, 6.07) is 0.883. The number of nitrogens with zero attached hydrogens (tertiary/aromatic N) is 2. The first-order valence-corrected chi connectivity index (χ1v) is 7.30. The zero-order valence-corrected chi connectivity index (χ0v) is 12.0. The molecule has 0 bridgehead atoms. The Morgan fingerprint density at radius 3 is 2.24 bits per heavy atom. The standard InChI is InChI=1S/C15H21F3N2O/c1-2-10-20(14(21)15(16,17)18)13(11-19)12-8-6-4-3-5-7-9-12/h2,12-13H,1,3-10H2. The molecule has 1 aliphatic carbocycles. The van der Waals surface area contributed by atoms with E-state index in [0.717, 1.165) is 32.1 Å². The fraction of sp³-hybridized carbons (Fsp3) is 0.733. The molecule has 0 aromatic heterocycles. The highest BCUT2D eigenvalue weighted by Crippen LogP contribution is 2.29. The Morgan fingerprint density at radius 1 is 1.29 bits per heavy atom. The first kappa shape index (κ1) is 17.5. The van der Waals surface area contributed by atoms with Crippen molar-refractivity contribution in [1.29, 1.82) is 5.26 Å². The van der Waals surface area contributed by atoms with Crippen LogP contribution >= 0.6 is 0 Å². The summed E-state index contributed by atoms with van der Waals surface area (Å²) in [5.74, 6) is -2.14. The highest BCUT2D eigenvalue weighted by Gasteiger charge is 2.45. The molecule has 1 saturated carbocycles. The maximum Gasteiger partial charge on any atom is 0.471 e. The lowest BCUT2D eigenvalue weighted by Crippen LogP contribution is -2.49. The first-order chi connectivity index (χ1) is 9.91. The van der Waals surface area contributed by atoms with Gasteiger partial charge >= 0.3 is 12.1 Å². The van der Waals surface area contributed by atoms with E-state index >= 15 is 0 Å². The minimum Gasteiger partial charge on any atom is -0.315 e. The number of amides is 1. The average molecular weight is 302 g/mol. The summed E-state index contributed by atoms with van der Waals surface area (Å²) < 4.78 is 38.1. The molecule has 1 rings (SSSR count). The quantitative estimate of drug-likeness (QED) is 0.741. The van der Waals surface area contributed by atoms with Gasteiger partial charge in [-0.1, -0.05) is 38.2 Å². The highest BCUT2D eigenvalue weighted by atomic mass is 19.4. The molecule has 3 nitrogen and oxygen atoms in total. The lowest BCUT2D eigenvalue weighted by molar-refractivity contribution is -0.187. The number of hydrogen-bond donors (Lipinski definition) is 0. The molecule has 0 heterocycles. The van der Waals surface area contributed by atoms with Crippen LogP contribution in [0, 0.1) is 17.2 Å². The Kier molecular flexibility index (Phi) is 6.73. The van der Waals surface area contributed by atoms with Gasteiger partial charge in [0.05, 0.1) is 6.07 Å². The molecule has 0 spiro atoms. The van der Waals surface area contributed by atoms with Gasteiger partial charge in [0.1, 0.15) is 6.04 Å². The van der Waals surface area contributed by atoms with E-state index in [9.17, 15) is 23.2 Å². The van der Waals surface area contributed by atoms with Crippen LogP contribution in [0.4, 0.5) is 13.2 Å². The van der Waals surface area contributed by atoms with E-state index in [4.69, 9.17) is 0 Å². The summed E-state index contributed by atoms with van der Waals surface area (Å²) in [5.41, 5.74) is 0. The van der Waals surface area contributed by atoms with Crippen LogP contribution in [-0.2, 0) is 4.79 Å². The van der Waals surface area contributed by atoms with Crippen LogP contribution in [-0.4, -0.2) is 29.6 Å². The number of carbonyl (C=O) groups is 1. The molecule has 0 aliphatic heterocycles. The topological polar surface area (TPSA) is 44.1 Å². The second kappa shape index (κ2) is 8.06. The van der Waals surface area contributed by atoms with Gasteiger partial charge in [-0.2, -0.15) is 18.4 Å². The number of alkyl halides is 3. The Morgan fingerprint density at radius 2 is 1.81 bits per heavy atom. The van der Waals surface area contributed by atoms with Crippen LogP contribution in [0.3, 0.4) is 0 Å². The van der Waals surface area contributed by atoms with Crippen LogP contribution in [0.25, 0.3) is 0 Å². The molecular formula is C15H21F3N2O. The molecule has 21 heavy (non-hydrogen) atoms. The highest BCUT2D eigenvalue weighted by molar-refractivity contribution is 5.82. The van der Waals surface area contributed by atoms with Crippen LogP contribution in [0.5, 0.6) is 0 Å². The van der Waals surface area contributed by atoms with Crippen molar-refractivity contribution < 1.29 is 18.0 Å². The van der Waals surface area contributed by atoms with E-state index in [0.29, 0.717) is 17.7 Å². The minimum atomic E-state index is -4.96.